The Kier molecular flexibility index (Phi) is 7.96. The highest BCUT2D eigenvalue weighted by Gasteiger charge is 2.36. The van der Waals surface area contributed by atoms with Crippen LogP contribution >= 0.6 is 0 Å². The first-order valence-corrected chi connectivity index (χ1v) is 10.5. The minimum atomic E-state index is -1.45. The Hall–Kier alpha value is -3.94. The van der Waals surface area contributed by atoms with Crippen molar-refractivity contribution in [1.82, 2.24) is 5.32 Å². The van der Waals surface area contributed by atoms with Crippen LogP contribution in [0.1, 0.15) is 36.5 Å². The second-order valence-corrected chi connectivity index (χ2v) is 7.60. The summed E-state index contributed by atoms with van der Waals surface area (Å²) in [6.45, 7) is 1.12. The molecule has 0 aliphatic heterocycles. The summed E-state index contributed by atoms with van der Waals surface area (Å²) >= 11 is 0. The first-order chi connectivity index (χ1) is 15.8. The van der Waals surface area contributed by atoms with E-state index >= 15 is 0 Å². The zero-order chi connectivity index (χ0) is 23.8. The van der Waals surface area contributed by atoms with Gasteiger partial charge in [0.2, 0.25) is 5.78 Å². The number of Topliss-reactive ketones (excluding diaryl/α,β-unsaturated/α-hetero) is 1. The Morgan fingerprint density at radius 2 is 1.73 bits per heavy atom. The number of allylic oxidation sites excluding steroid dienone is 1. The van der Waals surface area contributed by atoms with E-state index in [1.165, 1.54) is 6.92 Å². The highest BCUT2D eigenvalue weighted by atomic mass is 16.6. The number of hydrogen-bond acceptors (Lipinski definition) is 6. The molecule has 0 saturated carbocycles. The van der Waals surface area contributed by atoms with Crippen LogP contribution < -0.4 is 5.32 Å². The number of carbonyl (C=O) groups excluding carboxylic acids is 3. The lowest BCUT2D eigenvalue weighted by Crippen LogP contribution is -2.48. The van der Waals surface area contributed by atoms with Crippen LogP contribution in [0.3, 0.4) is 0 Å². The van der Waals surface area contributed by atoms with E-state index in [-0.39, 0.29) is 6.61 Å². The molecule has 0 fully saturated rings. The van der Waals surface area contributed by atoms with Gasteiger partial charge in [-0.2, -0.15) is 0 Å². The van der Waals surface area contributed by atoms with Crippen molar-refractivity contribution in [2.24, 2.45) is 0 Å². The summed E-state index contributed by atoms with van der Waals surface area (Å²) in [5.41, 5.74) is 2.96. The molecule has 2 N–H and O–H groups in total. The van der Waals surface area contributed by atoms with Crippen molar-refractivity contribution in [1.29, 1.82) is 0 Å². The van der Waals surface area contributed by atoms with E-state index < -0.39 is 42.4 Å². The van der Waals surface area contributed by atoms with E-state index in [1.807, 2.05) is 24.3 Å². The predicted octanol–water partition coefficient (Wildman–Crippen LogP) is 3.29. The zero-order valence-electron chi connectivity index (χ0n) is 18.2. The standard InChI is InChI=1S/C25H25NO7/c1-16(27)33-24(20-13-7-11-18-10-5-6-12-19(18)20)23(30)21(14-22(28)29)26-25(31)32-15-17-8-3-2-4-9-17/h2-6,8-10,12-13,21,24H,7,11,14-15H2,1H3,(H,26,31)(H,28,29). The molecule has 0 spiro atoms. The predicted molar refractivity (Wildman–Crippen MR) is 119 cm³/mol. The fourth-order valence-corrected chi connectivity index (χ4v) is 3.69. The van der Waals surface area contributed by atoms with Gasteiger partial charge >= 0.3 is 18.0 Å². The summed E-state index contributed by atoms with van der Waals surface area (Å²) in [5, 5.41) is 11.6. The molecule has 2 unspecified atom stereocenters. The number of hydrogen-bond donors (Lipinski definition) is 2. The second kappa shape index (κ2) is 11.1. The summed E-state index contributed by atoms with van der Waals surface area (Å²) < 4.78 is 10.5. The van der Waals surface area contributed by atoms with Crippen LogP contribution in [0.4, 0.5) is 4.79 Å². The molecule has 2 atom stereocenters. The van der Waals surface area contributed by atoms with Crippen LogP contribution in [-0.2, 0) is 36.9 Å². The third kappa shape index (κ3) is 6.52. The van der Waals surface area contributed by atoms with Gasteiger partial charge < -0.3 is 19.9 Å². The van der Waals surface area contributed by atoms with Gasteiger partial charge in [0.25, 0.3) is 0 Å². The molecule has 1 amide bonds. The third-order valence-electron chi connectivity index (χ3n) is 5.16. The minimum Gasteiger partial charge on any atom is -0.481 e. The Bertz CT molecular complexity index is 1060. The van der Waals surface area contributed by atoms with Crippen molar-refractivity contribution in [3.05, 3.63) is 77.4 Å². The van der Waals surface area contributed by atoms with Gasteiger partial charge in [0.05, 0.1) is 6.42 Å². The number of amides is 1. The Balaban J connectivity index is 1.81. The van der Waals surface area contributed by atoms with E-state index in [0.717, 1.165) is 23.1 Å². The number of benzene rings is 2. The maximum atomic E-state index is 13.4. The number of ether oxygens (including phenoxy) is 2. The van der Waals surface area contributed by atoms with E-state index in [1.54, 1.807) is 36.4 Å². The molecule has 0 bridgehead atoms. The number of alkyl carbamates (subject to hydrolysis) is 1. The quantitative estimate of drug-likeness (QED) is 0.562. The van der Waals surface area contributed by atoms with E-state index in [4.69, 9.17) is 9.47 Å². The van der Waals surface area contributed by atoms with Gasteiger partial charge in [0.1, 0.15) is 12.6 Å². The number of esters is 1. The normalized spacial score (nSPS) is 14.2. The number of nitrogens with one attached hydrogen (secondary N) is 1. The van der Waals surface area contributed by atoms with Crippen LogP contribution in [0.15, 0.2) is 60.7 Å². The van der Waals surface area contributed by atoms with Crippen molar-refractivity contribution in [3.63, 3.8) is 0 Å². The lowest BCUT2D eigenvalue weighted by molar-refractivity contribution is -0.150. The van der Waals surface area contributed by atoms with Crippen LogP contribution in [-0.4, -0.2) is 41.1 Å². The molecular weight excluding hydrogens is 426 g/mol. The van der Waals surface area contributed by atoms with E-state index in [2.05, 4.69) is 5.32 Å². The molecule has 8 heteroatoms. The molecule has 3 rings (SSSR count). The maximum Gasteiger partial charge on any atom is 0.408 e. The number of aryl methyl sites for hydroxylation is 1. The molecule has 172 valence electrons. The SMILES string of the molecule is CC(=O)OC(C(=O)C(CC(=O)O)NC(=O)OCc1ccccc1)C1=CCCc2ccccc21. The average Bonchev–Trinajstić information content (AvgIpc) is 2.80. The Morgan fingerprint density at radius 1 is 1.03 bits per heavy atom. The first-order valence-electron chi connectivity index (χ1n) is 10.5. The van der Waals surface area contributed by atoms with Crippen LogP contribution in [0.5, 0.6) is 0 Å². The van der Waals surface area contributed by atoms with Crippen LogP contribution in [0, 0.1) is 0 Å². The van der Waals surface area contributed by atoms with Gasteiger partial charge in [-0.15, -0.1) is 0 Å². The largest absolute Gasteiger partial charge is 0.481 e. The third-order valence-corrected chi connectivity index (χ3v) is 5.16. The molecule has 0 radical (unpaired) electrons. The summed E-state index contributed by atoms with van der Waals surface area (Å²) in [6.07, 6.45) is 0.211. The van der Waals surface area contributed by atoms with E-state index in [0.29, 0.717) is 12.0 Å². The molecule has 1 aliphatic rings. The smallest absolute Gasteiger partial charge is 0.408 e. The molecule has 2 aromatic carbocycles. The molecule has 33 heavy (non-hydrogen) atoms. The van der Waals surface area contributed by atoms with Gasteiger partial charge in [-0.05, 0) is 29.5 Å². The molecular formula is C25H25NO7. The topological polar surface area (TPSA) is 119 Å². The van der Waals surface area contributed by atoms with Gasteiger partial charge in [0.15, 0.2) is 6.10 Å². The Labute approximate surface area is 191 Å². The van der Waals surface area contributed by atoms with Crippen LogP contribution in [0.2, 0.25) is 0 Å². The molecule has 0 aromatic heterocycles. The molecule has 8 nitrogen and oxygen atoms in total. The summed E-state index contributed by atoms with van der Waals surface area (Å²) in [6, 6.07) is 14.9. The lowest BCUT2D eigenvalue weighted by atomic mass is 9.85. The van der Waals surface area contributed by atoms with Gasteiger partial charge in [-0.3, -0.25) is 14.4 Å². The number of carbonyl (C=O) groups is 4. The van der Waals surface area contributed by atoms with Crippen molar-refractivity contribution >= 4 is 29.4 Å². The minimum absolute atomic E-state index is 0.0490. The number of carboxylic acid groups (broad SMARTS) is 1. The number of ketones is 1. The fourth-order valence-electron chi connectivity index (χ4n) is 3.69. The summed E-state index contributed by atoms with van der Waals surface area (Å²) in [4.78, 5) is 49.0. The molecule has 0 saturated heterocycles. The van der Waals surface area contributed by atoms with Crippen molar-refractivity contribution in [3.8, 4) is 0 Å². The Morgan fingerprint density at radius 3 is 2.42 bits per heavy atom. The highest BCUT2D eigenvalue weighted by molar-refractivity contribution is 6.03. The van der Waals surface area contributed by atoms with Gasteiger partial charge in [-0.25, -0.2) is 4.79 Å². The average molecular weight is 451 g/mol. The first kappa shape index (κ1) is 23.7. The maximum absolute atomic E-state index is 13.4. The zero-order valence-corrected chi connectivity index (χ0v) is 18.2. The van der Waals surface area contributed by atoms with Gasteiger partial charge in [-0.1, -0.05) is 60.7 Å². The molecule has 2 aromatic rings. The van der Waals surface area contributed by atoms with Gasteiger partial charge in [0, 0.05) is 12.5 Å². The summed E-state index contributed by atoms with van der Waals surface area (Å²) in [7, 11) is 0. The fraction of sp³-hybridized carbons (Fsp3) is 0.280. The summed E-state index contributed by atoms with van der Waals surface area (Å²) in [5.74, 6) is -2.73. The number of carboxylic acids is 1. The molecule has 0 heterocycles. The van der Waals surface area contributed by atoms with Crippen molar-refractivity contribution in [2.75, 3.05) is 0 Å². The van der Waals surface area contributed by atoms with Crippen molar-refractivity contribution in [2.45, 2.75) is 44.9 Å². The monoisotopic (exact) mass is 451 g/mol. The van der Waals surface area contributed by atoms with Crippen molar-refractivity contribution < 1.29 is 33.8 Å². The second-order valence-electron chi connectivity index (χ2n) is 7.60. The van der Waals surface area contributed by atoms with E-state index in [9.17, 15) is 24.3 Å². The number of rotatable bonds is 9. The number of fused-ring (bicyclic) bond motifs is 1. The highest BCUT2D eigenvalue weighted by Crippen LogP contribution is 2.31. The number of aliphatic carboxylic acids is 1. The molecule has 1 aliphatic carbocycles. The lowest BCUT2D eigenvalue weighted by Gasteiger charge is -2.27. The van der Waals surface area contributed by atoms with Crippen LogP contribution in [0.25, 0.3) is 5.57 Å².